The van der Waals surface area contributed by atoms with E-state index in [9.17, 15) is 4.79 Å². The molecular weight excluding hydrogens is 138 g/mol. The SMILES string of the molecule is CCC(CCC=O)CCCN. The summed E-state index contributed by atoms with van der Waals surface area (Å²) in [6, 6.07) is 0. The molecule has 0 saturated carbocycles. The third-order valence-electron chi connectivity index (χ3n) is 2.09. The van der Waals surface area contributed by atoms with Gasteiger partial charge in [0.15, 0.2) is 0 Å². The number of carbonyl (C=O) groups excluding carboxylic acids is 1. The maximum Gasteiger partial charge on any atom is 0.120 e. The van der Waals surface area contributed by atoms with E-state index >= 15 is 0 Å². The molecule has 0 amide bonds. The van der Waals surface area contributed by atoms with Crippen molar-refractivity contribution in [1.82, 2.24) is 0 Å². The zero-order valence-electron chi connectivity index (χ0n) is 7.38. The van der Waals surface area contributed by atoms with Crippen molar-refractivity contribution in [2.45, 2.75) is 39.0 Å². The van der Waals surface area contributed by atoms with E-state index in [-0.39, 0.29) is 0 Å². The van der Waals surface area contributed by atoms with Crippen LogP contribution in [-0.2, 0) is 4.79 Å². The summed E-state index contributed by atoms with van der Waals surface area (Å²) >= 11 is 0. The minimum absolute atomic E-state index is 0.711. The molecule has 0 rings (SSSR count). The molecule has 11 heavy (non-hydrogen) atoms. The Morgan fingerprint density at radius 1 is 1.45 bits per heavy atom. The first-order valence-electron chi connectivity index (χ1n) is 4.48. The molecule has 0 saturated heterocycles. The van der Waals surface area contributed by atoms with E-state index in [1.807, 2.05) is 0 Å². The fourth-order valence-electron chi connectivity index (χ4n) is 1.26. The van der Waals surface area contributed by atoms with Gasteiger partial charge in [-0.1, -0.05) is 13.3 Å². The van der Waals surface area contributed by atoms with E-state index in [0.717, 1.165) is 25.7 Å². The second-order valence-electron chi connectivity index (χ2n) is 2.95. The Morgan fingerprint density at radius 2 is 2.18 bits per heavy atom. The second-order valence-corrected chi connectivity index (χ2v) is 2.95. The van der Waals surface area contributed by atoms with E-state index < -0.39 is 0 Å². The van der Waals surface area contributed by atoms with Crippen LogP contribution in [0.3, 0.4) is 0 Å². The quantitative estimate of drug-likeness (QED) is 0.572. The Bertz CT molecular complexity index is 93.6. The molecule has 0 aromatic rings. The summed E-state index contributed by atoms with van der Waals surface area (Å²) in [4.78, 5) is 10.1. The molecule has 0 fully saturated rings. The minimum atomic E-state index is 0.711. The molecule has 1 atom stereocenters. The summed E-state index contributed by atoms with van der Waals surface area (Å²) in [5.74, 6) is 0.712. The maximum atomic E-state index is 10.1. The van der Waals surface area contributed by atoms with Gasteiger partial charge in [-0.05, 0) is 31.7 Å². The van der Waals surface area contributed by atoms with Gasteiger partial charge in [0.2, 0.25) is 0 Å². The van der Waals surface area contributed by atoms with Gasteiger partial charge in [0.1, 0.15) is 6.29 Å². The Balaban J connectivity index is 3.32. The highest BCUT2D eigenvalue weighted by Crippen LogP contribution is 2.15. The molecule has 0 spiro atoms. The fraction of sp³-hybridized carbons (Fsp3) is 0.889. The van der Waals surface area contributed by atoms with E-state index in [2.05, 4.69) is 6.92 Å². The molecule has 0 aromatic heterocycles. The lowest BCUT2D eigenvalue weighted by Crippen LogP contribution is -2.04. The lowest BCUT2D eigenvalue weighted by Gasteiger charge is -2.11. The molecule has 0 radical (unpaired) electrons. The first-order valence-corrected chi connectivity index (χ1v) is 4.48. The van der Waals surface area contributed by atoms with Crippen molar-refractivity contribution in [2.75, 3.05) is 6.54 Å². The monoisotopic (exact) mass is 157 g/mol. The maximum absolute atomic E-state index is 10.1. The van der Waals surface area contributed by atoms with Crippen LogP contribution in [0.25, 0.3) is 0 Å². The Labute approximate surface area is 69.2 Å². The molecule has 2 nitrogen and oxygen atoms in total. The molecule has 66 valence electrons. The molecule has 0 bridgehead atoms. The number of hydrogen-bond acceptors (Lipinski definition) is 2. The van der Waals surface area contributed by atoms with E-state index in [1.165, 1.54) is 12.8 Å². The van der Waals surface area contributed by atoms with Gasteiger partial charge in [-0.2, -0.15) is 0 Å². The average Bonchev–Trinajstić information content (AvgIpc) is 2.05. The summed E-state index contributed by atoms with van der Waals surface area (Å²) in [6.45, 7) is 2.95. The molecule has 1 unspecified atom stereocenters. The van der Waals surface area contributed by atoms with Crippen molar-refractivity contribution in [3.05, 3.63) is 0 Å². The number of aldehydes is 1. The van der Waals surface area contributed by atoms with E-state index in [0.29, 0.717) is 12.3 Å². The number of nitrogens with two attached hydrogens (primary N) is 1. The normalized spacial score (nSPS) is 12.9. The highest BCUT2D eigenvalue weighted by molar-refractivity contribution is 5.49. The first-order chi connectivity index (χ1) is 5.35. The fourth-order valence-corrected chi connectivity index (χ4v) is 1.26. The van der Waals surface area contributed by atoms with Crippen LogP contribution in [-0.4, -0.2) is 12.8 Å². The third kappa shape index (κ3) is 6.05. The smallest absolute Gasteiger partial charge is 0.120 e. The zero-order valence-corrected chi connectivity index (χ0v) is 7.38. The van der Waals surface area contributed by atoms with Crippen LogP contribution in [0.4, 0.5) is 0 Å². The molecule has 2 N–H and O–H groups in total. The van der Waals surface area contributed by atoms with Crippen LogP contribution in [0, 0.1) is 5.92 Å². The molecule has 0 aliphatic heterocycles. The van der Waals surface area contributed by atoms with E-state index in [4.69, 9.17) is 5.73 Å². The highest BCUT2D eigenvalue weighted by Gasteiger charge is 2.03. The third-order valence-corrected chi connectivity index (χ3v) is 2.09. The minimum Gasteiger partial charge on any atom is -0.330 e. The largest absolute Gasteiger partial charge is 0.330 e. The van der Waals surface area contributed by atoms with Gasteiger partial charge in [0, 0.05) is 6.42 Å². The number of hydrogen-bond donors (Lipinski definition) is 1. The van der Waals surface area contributed by atoms with Crippen molar-refractivity contribution >= 4 is 6.29 Å². The van der Waals surface area contributed by atoms with Crippen LogP contribution in [0.5, 0.6) is 0 Å². The van der Waals surface area contributed by atoms with Crippen molar-refractivity contribution in [3.63, 3.8) is 0 Å². The Kier molecular flexibility index (Phi) is 7.47. The van der Waals surface area contributed by atoms with Crippen LogP contribution in [0.1, 0.15) is 39.0 Å². The van der Waals surface area contributed by atoms with Crippen LogP contribution < -0.4 is 5.73 Å². The molecule has 0 aromatic carbocycles. The van der Waals surface area contributed by atoms with Crippen LogP contribution in [0.15, 0.2) is 0 Å². The molecule has 0 heterocycles. The molecule has 0 aliphatic rings. The van der Waals surface area contributed by atoms with Crippen molar-refractivity contribution in [3.8, 4) is 0 Å². The topological polar surface area (TPSA) is 43.1 Å². The highest BCUT2D eigenvalue weighted by atomic mass is 16.1. The van der Waals surface area contributed by atoms with Crippen LogP contribution in [0.2, 0.25) is 0 Å². The summed E-state index contributed by atoms with van der Waals surface area (Å²) in [6.07, 6.45) is 6.21. The summed E-state index contributed by atoms with van der Waals surface area (Å²) < 4.78 is 0. The Hall–Kier alpha value is -0.370. The molecule has 0 aliphatic carbocycles. The van der Waals surface area contributed by atoms with Gasteiger partial charge in [0.05, 0.1) is 0 Å². The van der Waals surface area contributed by atoms with Gasteiger partial charge in [0.25, 0.3) is 0 Å². The van der Waals surface area contributed by atoms with Gasteiger partial charge in [-0.15, -0.1) is 0 Å². The summed E-state index contributed by atoms with van der Waals surface area (Å²) in [5, 5.41) is 0. The first kappa shape index (κ1) is 10.6. The summed E-state index contributed by atoms with van der Waals surface area (Å²) in [5.41, 5.74) is 5.39. The van der Waals surface area contributed by atoms with Gasteiger partial charge >= 0.3 is 0 Å². The van der Waals surface area contributed by atoms with E-state index in [1.54, 1.807) is 0 Å². The predicted octanol–water partition coefficient (Wildman–Crippen LogP) is 1.73. The average molecular weight is 157 g/mol. The number of carbonyl (C=O) groups is 1. The van der Waals surface area contributed by atoms with Gasteiger partial charge in [-0.3, -0.25) is 0 Å². The molecular formula is C9H19NO. The van der Waals surface area contributed by atoms with Gasteiger partial charge in [-0.25, -0.2) is 0 Å². The van der Waals surface area contributed by atoms with Gasteiger partial charge < -0.3 is 10.5 Å². The lowest BCUT2D eigenvalue weighted by molar-refractivity contribution is -0.108. The summed E-state index contributed by atoms with van der Waals surface area (Å²) in [7, 11) is 0. The standard InChI is InChI=1S/C9H19NO/c1-2-9(5-3-7-10)6-4-8-11/h8-9H,2-7,10H2,1H3. The molecule has 2 heteroatoms. The number of rotatable bonds is 7. The Morgan fingerprint density at radius 3 is 2.64 bits per heavy atom. The second kappa shape index (κ2) is 7.73. The van der Waals surface area contributed by atoms with Crippen molar-refractivity contribution < 1.29 is 4.79 Å². The predicted molar refractivity (Wildman–Crippen MR) is 47.4 cm³/mol. The van der Waals surface area contributed by atoms with Crippen molar-refractivity contribution in [2.24, 2.45) is 11.7 Å². The zero-order chi connectivity index (χ0) is 8.53. The van der Waals surface area contributed by atoms with Crippen molar-refractivity contribution in [1.29, 1.82) is 0 Å². The lowest BCUT2D eigenvalue weighted by atomic mass is 9.95. The van der Waals surface area contributed by atoms with Crippen LogP contribution >= 0.6 is 0 Å².